The molecule has 0 N–H and O–H groups in total. The fraction of sp³-hybridized carbons (Fsp3) is 0.696. The third kappa shape index (κ3) is 3.45. The van der Waals surface area contributed by atoms with Crippen molar-refractivity contribution in [1.82, 2.24) is 14.0 Å². The Kier molecular flexibility index (Phi) is 5.26. The largest absolute Gasteiger partial charge is 0.348 e. The second-order valence-electron chi connectivity index (χ2n) is 8.90. The monoisotopic (exact) mass is 399 g/mol. The summed E-state index contributed by atoms with van der Waals surface area (Å²) in [6.07, 6.45) is 7.41. The third-order valence-electron chi connectivity index (χ3n) is 7.23. The first kappa shape index (κ1) is 19.3. The standard InChI is InChI=1S/C23H33N3O3/c1-2-13-25-20-5-3-4-6-21(20)26(22(25)27)19-9-14-24(15-10-19)18-7-11-23(12-8-18)28-16-17-29-23/h3-6,18-19H,2,7-17H2,1H3. The number of aromatic nitrogens is 2. The summed E-state index contributed by atoms with van der Waals surface area (Å²) in [6, 6.07) is 9.22. The molecule has 1 saturated carbocycles. The maximum Gasteiger partial charge on any atom is 0.329 e. The van der Waals surface area contributed by atoms with Crippen LogP contribution in [0.2, 0.25) is 0 Å². The molecule has 0 radical (unpaired) electrons. The number of benzene rings is 1. The molecule has 1 aliphatic carbocycles. The minimum absolute atomic E-state index is 0.168. The summed E-state index contributed by atoms with van der Waals surface area (Å²) in [7, 11) is 0. The average molecular weight is 400 g/mol. The first-order valence-corrected chi connectivity index (χ1v) is 11.4. The Bertz CT molecular complexity index is 894. The molecule has 0 amide bonds. The van der Waals surface area contributed by atoms with Crippen molar-refractivity contribution in [2.75, 3.05) is 26.3 Å². The smallest absolute Gasteiger partial charge is 0.329 e. The molecule has 1 aromatic carbocycles. The molecular formula is C23H33N3O3. The van der Waals surface area contributed by atoms with Crippen LogP contribution in [0.3, 0.4) is 0 Å². The van der Waals surface area contributed by atoms with Crippen LogP contribution in [0.1, 0.15) is 57.9 Å². The Balaban J connectivity index is 1.28. The van der Waals surface area contributed by atoms with Gasteiger partial charge in [-0.1, -0.05) is 19.1 Å². The predicted molar refractivity (Wildman–Crippen MR) is 113 cm³/mol. The van der Waals surface area contributed by atoms with E-state index in [4.69, 9.17) is 9.47 Å². The molecule has 1 aromatic heterocycles. The van der Waals surface area contributed by atoms with Crippen molar-refractivity contribution in [2.45, 2.75) is 76.3 Å². The van der Waals surface area contributed by atoms with Gasteiger partial charge in [-0.05, 0) is 44.2 Å². The molecule has 0 atom stereocenters. The molecular weight excluding hydrogens is 366 g/mol. The van der Waals surface area contributed by atoms with Crippen LogP contribution in [-0.4, -0.2) is 52.2 Å². The van der Waals surface area contributed by atoms with Crippen molar-refractivity contribution < 1.29 is 9.47 Å². The highest BCUT2D eigenvalue weighted by Gasteiger charge is 2.42. The van der Waals surface area contributed by atoms with E-state index >= 15 is 0 Å². The molecule has 3 aliphatic rings. The molecule has 6 heteroatoms. The van der Waals surface area contributed by atoms with Gasteiger partial charge in [0, 0.05) is 44.6 Å². The number of para-hydroxylation sites is 2. The van der Waals surface area contributed by atoms with Crippen LogP contribution < -0.4 is 5.69 Å². The number of rotatable bonds is 4. The zero-order valence-electron chi connectivity index (χ0n) is 17.5. The van der Waals surface area contributed by atoms with Gasteiger partial charge in [0.2, 0.25) is 0 Å². The van der Waals surface area contributed by atoms with Crippen LogP contribution in [-0.2, 0) is 16.0 Å². The van der Waals surface area contributed by atoms with Gasteiger partial charge in [-0.15, -0.1) is 0 Å². The van der Waals surface area contributed by atoms with Gasteiger partial charge in [0.15, 0.2) is 5.79 Å². The van der Waals surface area contributed by atoms with Gasteiger partial charge < -0.3 is 14.4 Å². The van der Waals surface area contributed by atoms with Crippen molar-refractivity contribution in [3.8, 4) is 0 Å². The lowest BCUT2D eigenvalue weighted by Crippen LogP contribution is -2.47. The second-order valence-corrected chi connectivity index (χ2v) is 8.90. The van der Waals surface area contributed by atoms with Crippen LogP contribution in [0, 0.1) is 0 Å². The fourth-order valence-corrected chi connectivity index (χ4v) is 5.73. The molecule has 3 heterocycles. The normalized spacial score (nSPS) is 24.0. The summed E-state index contributed by atoms with van der Waals surface area (Å²) in [4.78, 5) is 15.8. The quantitative estimate of drug-likeness (QED) is 0.789. The van der Waals surface area contributed by atoms with E-state index in [0.29, 0.717) is 12.1 Å². The number of piperidine rings is 1. The lowest BCUT2D eigenvalue weighted by Gasteiger charge is -2.43. The SMILES string of the molecule is CCCn1c(=O)n(C2CCN(C3CCC4(CC3)OCCO4)CC2)c2ccccc21. The number of nitrogens with zero attached hydrogens (tertiary/aromatic N) is 3. The van der Waals surface area contributed by atoms with E-state index < -0.39 is 0 Å². The van der Waals surface area contributed by atoms with Crippen molar-refractivity contribution >= 4 is 11.0 Å². The predicted octanol–water partition coefficient (Wildman–Crippen LogP) is 3.54. The molecule has 2 aromatic rings. The van der Waals surface area contributed by atoms with Crippen LogP contribution in [0.25, 0.3) is 11.0 Å². The Morgan fingerprint density at radius 2 is 1.62 bits per heavy atom. The van der Waals surface area contributed by atoms with Crippen molar-refractivity contribution in [3.05, 3.63) is 34.7 Å². The van der Waals surface area contributed by atoms with Crippen LogP contribution in [0.5, 0.6) is 0 Å². The van der Waals surface area contributed by atoms with Crippen molar-refractivity contribution in [3.63, 3.8) is 0 Å². The fourth-order valence-electron chi connectivity index (χ4n) is 5.73. The van der Waals surface area contributed by atoms with Gasteiger partial charge in [-0.3, -0.25) is 9.13 Å². The number of likely N-dealkylation sites (tertiary alicyclic amines) is 1. The molecule has 3 fully saturated rings. The number of fused-ring (bicyclic) bond motifs is 1. The lowest BCUT2D eigenvalue weighted by atomic mass is 9.88. The van der Waals surface area contributed by atoms with Crippen LogP contribution in [0.4, 0.5) is 0 Å². The van der Waals surface area contributed by atoms with E-state index in [0.717, 1.165) is 88.8 Å². The van der Waals surface area contributed by atoms with E-state index in [-0.39, 0.29) is 11.5 Å². The minimum atomic E-state index is -0.275. The van der Waals surface area contributed by atoms with Crippen molar-refractivity contribution in [2.24, 2.45) is 0 Å². The molecule has 6 nitrogen and oxygen atoms in total. The highest BCUT2D eigenvalue weighted by atomic mass is 16.7. The van der Waals surface area contributed by atoms with Crippen LogP contribution >= 0.6 is 0 Å². The Hall–Kier alpha value is -1.63. The molecule has 29 heavy (non-hydrogen) atoms. The third-order valence-corrected chi connectivity index (χ3v) is 7.23. The van der Waals surface area contributed by atoms with E-state index in [9.17, 15) is 4.79 Å². The first-order chi connectivity index (χ1) is 14.2. The van der Waals surface area contributed by atoms with E-state index in [1.807, 2.05) is 10.6 Å². The molecule has 158 valence electrons. The molecule has 5 rings (SSSR count). The molecule has 0 unspecified atom stereocenters. The second kappa shape index (κ2) is 7.89. The number of ether oxygens (including phenoxy) is 2. The van der Waals surface area contributed by atoms with Gasteiger partial charge in [0.25, 0.3) is 0 Å². The Labute approximate surface area is 172 Å². The molecule has 2 aliphatic heterocycles. The molecule has 1 spiro atoms. The Morgan fingerprint density at radius 3 is 2.28 bits per heavy atom. The summed E-state index contributed by atoms with van der Waals surface area (Å²) < 4.78 is 15.8. The summed E-state index contributed by atoms with van der Waals surface area (Å²) >= 11 is 0. The van der Waals surface area contributed by atoms with Crippen LogP contribution in [0.15, 0.2) is 29.1 Å². The topological polar surface area (TPSA) is 48.6 Å². The van der Waals surface area contributed by atoms with Gasteiger partial charge in [-0.25, -0.2) is 4.79 Å². The van der Waals surface area contributed by atoms with Gasteiger partial charge in [0.1, 0.15) is 0 Å². The summed E-state index contributed by atoms with van der Waals surface area (Å²) in [5.74, 6) is -0.275. The highest BCUT2D eigenvalue weighted by molar-refractivity contribution is 5.76. The maximum atomic E-state index is 13.2. The summed E-state index contributed by atoms with van der Waals surface area (Å²) in [5.41, 5.74) is 2.34. The maximum absolute atomic E-state index is 13.2. The average Bonchev–Trinajstić information content (AvgIpc) is 3.32. The number of hydrogen-bond donors (Lipinski definition) is 0. The van der Waals surface area contributed by atoms with E-state index in [2.05, 4.69) is 34.6 Å². The lowest BCUT2D eigenvalue weighted by molar-refractivity contribution is -0.184. The highest BCUT2D eigenvalue weighted by Crippen LogP contribution is 2.38. The van der Waals surface area contributed by atoms with E-state index in [1.54, 1.807) is 0 Å². The number of aryl methyl sites for hydroxylation is 1. The summed E-state index contributed by atoms with van der Waals surface area (Å²) in [5, 5.41) is 0. The van der Waals surface area contributed by atoms with Gasteiger partial charge in [0.05, 0.1) is 24.2 Å². The Morgan fingerprint density at radius 1 is 0.966 bits per heavy atom. The van der Waals surface area contributed by atoms with Gasteiger partial charge >= 0.3 is 5.69 Å². The number of hydrogen-bond acceptors (Lipinski definition) is 4. The van der Waals surface area contributed by atoms with Gasteiger partial charge in [-0.2, -0.15) is 0 Å². The van der Waals surface area contributed by atoms with Crippen molar-refractivity contribution in [1.29, 1.82) is 0 Å². The first-order valence-electron chi connectivity index (χ1n) is 11.4. The molecule has 0 bridgehead atoms. The minimum Gasteiger partial charge on any atom is -0.348 e. The summed E-state index contributed by atoms with van der Waals surface area (Å²) in [6.45, 7) is 6.56. The zero-order valence-corrected chi connectivity index (χ0v) is 17.5. The zero-order chi connectivity index (χ0) is 19.8. The number of imidazole rings is 1. The molecule has 2 saturated heterocycles. The van der Waals surface area contributed by atoms with E-state index in [1.165, 1.54) is 0 Å².